The Bertz CT molecular complexity index is 505. The van der Waals surface area contributed by atoms with Crippen molar-refractivity contribution in [2.75, 3.05) is 19.6 Å². The molecule has 1 aromatic carbocycles. The summed E-state index contributed by atoms with van der Waals surface area (Å²) in [6, 6.07) is 6.01. The number of methoxy groups -OCH3 is 1. The highest BCUT2D eigenvalue weighted by molar-refractivity contribution is 6.17. The maximum absolute atomic E-state index is 5.56. The van der Waals surface area contributed by atoms with E-state index in [1.54, 1.807) is 13.3 Å². The van der Waals surface area contributed by atoms with Gasteiger partial charge in [0.15, 0.2) is 0 Å². The first kappa shape index (κ1) is 11.9. The molecule has 90 valence electrons. The molecule has 0 unspecified atom stereocenters. The van der Waals surface area contributed by atoms with Gasteiger partial charge in [-0.05, 0) is 24.6 Å². The summed E-state index contributed by atoms with van der Waals surface area (Å²) in [5, 5.41) is 0.925. The zero-order chi connectivity index (χ0) is 12.1. The third-order valence-electron chi connectivity index (χ3n) is 2.27. The fourth-order valence-corrected chi connectivity index (χ4v) is 1.52. The predicted molar refractivity (Wildman–Crippen MR) is 66.9 cm³/mol. The van der Waals surface area contributed by atoms with Gasteiger partial charge in [-0.15, -0.1) is 11.6 Å². The number of nitrogens with zero attached hydrogens (tertiary/aromatic N) is 2. The highest BCUT2D eigenvalue weighted by Crippen LogP contribution is 2.19. The summed E-state index contributed by atoms with van der Waals surface area (Å²) in [6.45, 7) is 0.533. The molecule has 0 N–H and O–H groups in total. The standard InChI is InChI=1S/C12H13ClN2O2/c1-16-10-3-4-11-9(7-10)8-14-12(15-11)17-6-2-5-13/h3-4,7-8H,2,5-6H2,1H3. The molecule has 0 spiro atoms. The van der Waals surface area contributed by atoms with Crippen LogP contribution in [0.15, 0.2) is 24.4 Å². The number of fused-ring (bicyclic) bond motifs is 1. The zero-order valence-electron chi connectivity index (χ0n) is 9.52. The molecule has 4 nitrogen and oxygen atoms in total. The van der Waals surface area contributed by atoms with Gasteiger partial charge >= 0.3 is 6.01 Å². The van der Waals surface area contributed by atoms with Crippen LogP contribution >= 0.6 is 11.6 Å². The molecule has 0 aliphatic carbocycles. The van der Waals surface area contributed by atoms with Crippen LogP contribution in [0.1, 0.15) is 6.42 Å². The van der Waals surface area contributed by atoms with E-state index < -0.39 is 0 Å². The Hall–Kier alpha value is -1.55. The lowest BCUT2D eigenvalue weighted by atomic mass is 10.2. The number of aromatic nitrogens is 2. The summed E-state index contributed by atoms with van der Waals surface area (Å²) in [5.41, 5.74) is 0.835. The Morgan fingerprint density at radius 2 is 2.24 bits per heavy atom. The first-order valence-corrected chi connectivity index (χ1v) is 5.86. The molecule has 17 heavy (non-hydrogen) atoms. The van der Waals surface area contributed by atoms with Gasteiger partial charge in [-0.3, -0.25) is 0 Å². The predicted octanol–water partition coefficient (Wildman–Crippen LogP) is 2.65. The van der Waals surface area contributed by atoms with Gasteiger partial charge in [0, 0.05) is 17.5 Å². The van der Waals surface area contributed by atoms with Crippen molar-refractivity contribution in [2.45, 2.75) is 6.42 Å². The minimum atomic E-state index is 0.382. The van der Waals surface area contributed by atoms with Crippen LogP contribution in [0.25, 0.3) is 10.9 Å². The fraction of sp³-hybridized carbons (Fsp3) is 0.333. The quantitative estimate of drug-likeness (QED) is 0.606. The van der Waals surface area contributed by atoms with E-state index in [2.05, 4.69) is 9.97 Å². The average Bonchev–Trinajstić information content (AvgIpc) is 2.38. The average molecular weight is 253 g/mol. The zero-order valence-corrected chi connectivity index (χ0v) is 10.3. The van der Waals surface area contributed by atoms with Crippen molar-refractivity contribution in [3.05, 3.63) is 24.4 Å². The lowest BCUT2D eigenvalue weighted by molar-refractivity contribution is 0.294. The van der Waals surface area contributed by atoms with Crippen LogP contribution in [-0.4, -0.2) is 29.6 Å². The molecule has 0 aliphatic rings. The van der Waals surface area contributed by atoms with Crippen LogP contribution in [0.2, 0.25) is 0 Å². The maximum Gasteiger partial charge on any atom is 0.316 e. The molecule has 0 fully saturated rings. The summed E-state index contributed by atoms with van der Waals surface area (Å²) in [6.07, 6.45) is 2.51. The van der Waals surface area contributed by atoms with Crippen LogP contribution in [0.5, 0.6) is 11.8 Å². The van der Waals surface area contributed by atoms with E-state index in [1.807, 2.05) is 18.2 Å². The van der Waals surface area contributed by atoms with Gasteiger partial charge in [0.25, 0.3) is 0 Å². The Balaban J connectivity index is 2.19. The largest absolute Gasteiger partial charge is 0.497 e. The molecular weight excluding hydrogens is 240 g/mol. The normalized spacial score (nSPS) is 10.5. The molecule has 0 saturated carbocycles. The SMILES string of the molecule is COc1ccc2nc(OCCCCl)ncc2c1. The van der Waals surface area contributed by atoms with Crippen molar-refractivity contribution in [2.24, 2.45) is 0 Å². The third-order valence-corrected chi connectivity index (χ3v) is 2.54. The summed E-state index contributed by atoms with van der Waals surface area (Å²) in [4.78, 5) is 8.41. The second-order valence-electron chi connectivity index (χ2n) is 3.47. The topological polar surface area (TPSA) is 44.2 Å². The second-order valence-corrected chi connectivity index (χ2v) is 3.85. The van der Waals surface area contributed by atoms with Crippen molar-refractivity contribution >= 4 is 22.5 Å². The van der Waals surface area contributed by atoms with Crippen LogP contribution < -0.4 is 9.47 Å². The number of hydrogen-bond donors (Lipinski definition) is 0. The molecule has 0 radical (unpaired) electrons. The minimum absolute atomic E-state index is 0.382. The van der Waals surface area contributed by atoms with Crippen LogP contribution in [0.3, 0.4) is 0 Å². The highest BCUT2D eigenvalue weighted by atomic mass is 35.5. The number of ether oxygens (including phenoxy) is 2. The molecule has 0 aliphatic heterocycles. The van der Waals surface area contributed by atoms with Crippen LogP contribution in [0, 0.1) is 0 Å². The maximum atomic E-state index is 5.56. The van der Waals surface area contributed by atoms with E-state index in [4.69, 9.17) is 21.1 Å². The fourth-order valence-electron chi connectivity index (χ4n) is 1.41. The lowest BCUT2D eigenvalue weighted by Crippen LogP contribution is -2.01. The Kier molecular flexibility index (Phi) is 3.98. The second kappa shape index (κ2) is 5.68. The summed E-state index contributed by atoms with van der Waals surface area (Å²) < 4.78 is 10.5. The van der Waals surface area contributed by atoms with Crippen molar-refractivity contribution < 1.29 is 9.47 Å². The van der Waals surface area contributed by atoms with Gasteiger partial charge in [-0.25, -0.2) is 4.98 Å². The van der Waals surface area contributed by atoms with E-state index in [1.165, 1.54) is 0 Å². The molecule has 0 amide bonds. The van der Waals surface area contributed by atoms with Gasteiger partial charge in [0.1, 0.15) is 5.75 Å². The molecule has 0 bridgehead atoms. The van der Waals surface area contributed by atoms with Gasteiger partial charge in [-0.1, -0.05) is 0 Å². The van der Waals surface area contributed by atoms with Gasteiger partial charge in [0.2, 0.25) is 0 Å². The van der Waals surface area contributed by atoms with Crippen molar-refractivity contribution in [3.8, 4) is 11.8 Å². The van der Waals surface area contributed by atoms with Crippen molar-refractivity contribution in [1.29, 1.82) is 0 Å². The van der Waals surface area contributed by atoms with Crippen molar-refractivity contribution in [3.63, 3.8) is 0 Å². The summed E-state index contributed by atoms with van der Waals surface area (Å²) in [7, 11) is 1.63. The van der Waals surface area contributed by atoms with E-state index in [9.17, 15) is 0 Å². The van der Waals surface area contributed by atoms with Gasteiger partial charge in [-0.2, -0.15) is 4.98 Å². The lowest BCUT2D eigenvalue weighted by Gasteiger charge is -2.05. The van der Waals surface area contributed by atoms with Crippen LogP contribution in [-0.2, 0) is 0 Å². The van der Waals surface area contributed by atoms with E-state index in [0.29, 0.717) is 18.5 Å². The van der Waals surface area contributed by atoms with Gasteiger partial charge in [0.05, 0.1) is 19.2 Å². The number of benzene rings is 1. The number of alkyl halides is 1. The number of halogens is 1. The van der Waals surface area contributed by atoms with E-state index in [-0.39, 0.29) is 0 Å². The smallest absolute Gasteiger partial charge is 0.316 e. The highest BCUT2D eigenvalue weighted by Gasteiger charge is 2.02. The number of hydrogen-bond acceptors (Lipinski definition) is 4. The molecule has 2 aromatic rings. The summed E-state index contributed by atoms with van der Waals surface area (Å²) in [5.74, 6) is 1.36. The molecular formula is C12H13ClN2O2. The molecule has 0 saturated heterocycles. The molecule has 1 heterocycles. The number of rotatable bonds is 5. The van der Waals surface area contributed by atoms with Gasteiger partial charge < -0.3 is 9.47 Å². The first-order chi connectivity index (χ1) is 8.33. The van der Waals surface area contributed by atoms with Crippen LogP contribution in [0.4, 0.5) is 0 Å². The molecule has 2 rings (SSSR count). The van der Waals surface area contributed by atoms with E-state index in [0.717, 1.165) is 23.1 Å². The molecule has 5 heteroatoms. The Morgan fingerprint density at radius 1 is 1.35 bits per heavy atom. The Labute approximate surface area is 105 Å². The summed E-state index contributed by atoms with van der Waals surface area (Å²) >= 11 is 5.56. The minimum Gasteiger partial charge on any atom is -0.497 e. The van der Waals surface area contributed by atoms with Crippen molar-refractivity contribution in [1.82, 2.24) is 9.97 Å². The molecule has 0 atom stereocenters. The Morgan fingerprint density at radius 3 is 3.00 bits per heavy atom. The first-order valence-electron chi connectivity index (χ1n) is 5.33. The van der Waals surface area contributed by atoms with E-state index >= 15 is 0 Å². The molecule has 1 aromatic heterocycles. The monoisotopic (exact) mass is 252 g/mol. The third kappa shape index (κ3) is 2.97.